The first-order chi connectivity index (χ1) is 10.2. The number of furan rings is 1. The molecule has 0 bridgehead atoms. The predicted molar refractivity (Wildman–Crippen MR) is 81.2 cm³/mol. The van der Waals surface area contributed by atoms with Crippen molar-refractivity contribution < 1.29 is 9.21 Å². The van der Waals surface area contributed by atoms with Crippen molar-refractivity contribution >= 4 is 16.8 Å². The van der Waals surface area contributed by atoms with Gasteiger partial charge in [-0.1, -0.05) is 24.3 Å². The van der Waals surface area contributed by atoms with E-state index in [0.717, 1.165) is 28.6 Å². The van der Waals surface area contributed by atoms with Crippen molar-refractivity contribution in [3.8, 4) is 0 Å². The van der Waals surface area contributed by atoms with E-state index in [9.17, 15) is 4.79 Å². The van der Waals surface area contributed by atoms with Crippen molar-refractivity contribution in [1.29, 1.82) is 0 Å². The Morgan fingerprint density at radius 3 is 2.86 bits per heavy atom. The first kappa shape index (κ1) is 13.4. The Labute approximate surface area is 122 Å². The summed E-state index contributed by atoms with van der Waals surface area (Å²) in [6.45, 7) is 2.37. The van der Waals surface area contributed by atoms with Gasteiger partial charge in [0.25, 0.3) is 5.91 Å². The fourth-order valence-corrected chi connectivity index (χ4v) is 2.32. The number of aromatic nitrogens is 1. The first-order valence-corrected chi connectivity index (χ1v) is 6.91. The van der Waals surface area contributed by atoms with Crippen LogP contribution in [0.3, 0.4) is 0 Å². The van der Waals surface area contributed by atoms with E-state index in [1.165, 1.54) is 0 Å². The van der Waals surface area contributed by atoms with Gasteiger partial charge in [0.1, 0.15) is 5.76 Å². The Morgan fingerprint density at radius 1 is 1.19 bits per heavy atom. The highest BCUT2D eigenvalue weighted by Crippen LogP contribution is 2.16. The molecule has 1 amide bonds. The number of para-hydroxylation sites is 1. The molecule has 0 aliphatic heterocycles. The van der Waals surface area contributed by atoms with Crippen molar-refractivity contribution in [2.24, 2.45) is 0 Å². The van der Waals surface area contributed by atoms with E-state index in [2.05, 4.69) is 10.3 Å². The number of carbonyl (C=O) groups excluding carboxylic acids is 1. The summed E-state index contributed by atoms with van der Waals surface area (Å²) in [6, 6.07) is 13.5. The summed E-state index contributed by atoms with van der Waals surface area (Å²) in [4.78, 5) is 16.3. The summed E-state index contributed by atoms with van der Waals surface area (Å²) in [6.07, 6.45) is 2.52. The van der Waals surface area contributed by atoms with Crippen LogP contribution in [0.25, 0.3) is 10.9 Å². The fraction of sp³-hybridized carbons (Fsp3) is 0.176. The maximum absolute atomic E-state index is 11.9. The minimum atomic E-state index is -0.184. The van der Waals surface area contributed by atoms with Crippen LogP contribution in [0.5, 0.6) is 0 Å². The maximum Gasteiger partial charge on any atom is 0.287 e. The third-order valence-electron chi connectivity index (χ3n) is 3.36. The molecule has 0 saturated carbocycles. The van der Waals surface area contributed by atoms with Crippen molar-refractivity contribution in [2.45, 2.75) is 13.3 Å². The fourth-order valence-electron chi connectivity index (χ4n) is 2.32. The Balaban J connectivity index is 1.66. The molecule has 1 aromatic carbocycles. The van der Waals surface area contributed by atoms with Gasteiger partial charge in [-0.15, -0.1) is 0 Å². The van der Waals surface area contributed by atoms with Crippen LogP contribution >= 0.6 is 0 Å². The van der Waals surface area contributed by atoms with Gasteiger partial charge >= 0.3 is 0 Å². The van der Waals surface area contributed by atoms with Crippen LogP contribution in [0.1, 0.15) is 21.9 Å². The lowest BCUT2D eigenvalue weighted by molar-refractivity contribution is 0.0925. The van der Waals surface area contributed by atoms with Crippen LogP contribution in [0.4, 0.5) is 0 Å². The number of rotatable bonds is 4. The lowest BCUT2D eigenvalue weighted by Crippen LogP contribution is -2.25. The van der Waals surface area contributed by atoms with Crippen LogP contribution in [-0.2, 0) is 6.42 Å². The summed E-state index contributed by atoms with van der Waals surface area (Å²) in [5, 5.41) is 3.98. The molecule has 0 aliphatic rings. The van der Waals surface area contributed by atoms with Crippen LogP contribution in [0, 0.1) is 6.92 Å². The van der Waals surface area contributed by atoms with E-state index in [1.807, 2.05) is 37.3 Å². The third-order valence-corrected chi connectivity index (χ3v) is 3.36. The van der Waals surface area contributed by atoms with Gasteiger partial charge in [0, 0.05) is 18.1 Å². The highest BCUT2D eigenvalue weighted by molar-refractivity contribution is 5.91. The van der Waals surface area contributed by atoms with Crippen molar-refractivity contribution in [1.82, 2.24) is 10.3 Å². The van der Waals surface area contributed by atoms with Crippen LogP contribution in [0.15, 0.2) is 53.1 Å². The Kier molecular flexibility index (Phi) is 3.69. The normalized spacial score (nSPS) is 10.7. The monoisotopic (exact) mass is 280 g/mol. The number of aryl methyl sites for hydroxylation is 1. The molecule has 2 heterocycles. The SMILES string of the molecule is Cc1ccc(C(=O)NCCc2cccc3cccnc23)o1. The van der Waals surface area contributed by atoms with Gasteiger partial charge in [-0.3, -0.25) is 9.78 Å². The van der Waals surface area contributed by atoms with Gasteiger partial charge in [0.05, 0.1) is 5.52 Å². The van der Waals surface area contributed by atoms with E-state index < -0.39 is 0 Å². The van der Waals surface area contributed by atoms with Gasteiger partial charge in [-0.25, -0.2) is 0 Å². The number of nitrogens with one attached hydrogen (secondary N) is 1. The number of hydrogen-bond donors (Lipinski definition) is 1. The average molecular weight is 280 g/mol. The molecule has 3 aromatic rings. The zero-order valence-corrected chi connectivity index (χ0v) is 11.8. The third kappa shape index (κ3) is 2.94. The number of nitrogens with zero attached hydrogens (tertiary/aromatic N) is 1. The second-order valence-electron chi connectivity index (χ2n) is 4.91. The van der Waals surface area contributed by atoms with Crippen molar-refractivity contribution in [3.05, 3.63) is 65.7 Å². The molecule has 2 aromatic heterocycles. The molecule has 0 unspecified atom stereocenters. The molecule has 4 nitrogen and oxygen atoms in total. The molecule has 3 rings (SSSR count). The number of hydrogen-bond acceptors (Lipinski definition) is 3. The van der Waals surface area contributed by atoms with Gasteiger partial charge < -0.3 is 9.73 Å². The molecule has 106 valence electrons. The van der Waals surface area contributed by atoms with Gasteiger partial charge in [0.15, 0.2) is 5.76 Å². The number of pyridine rings is 1. The van der Waals surface area contributed by atoms with Crippen LogP contribution < -0.4 is 5.32 Å². The molecule has 4 heteroatoms. The van der Waals surface area contributed by atoms with Crippen molar-refractivity contribution in [2.75, 3.05) is 6.54 Å². The number of benzene rings is 1. The topological polar surface area (TPSA) is 55.1 Å². The Morgan fingerprint density at radius 2 is 2.05 bits per heavy atom. The minimum absolute atomic E-state index is 0.184. The summed E-state index contributed by atoms with van der Waals surface area (Å²) >= 11 is 0. The molecule has 1 N–H and O–H groups in total. The van der Waals surface area contributed by atoms with E-state index in [0.29, 0.717) is 12.3 Å². The minimum Gasteiger partial charge on any atom is -0.456 e. The lowest BCUT2D eigenvalue weighted by atomic mass is 10.1. The molecule has 0 aliphatic carbocycles. The summed E-state index contributed by atoms with van der Waals surface area (Å²) < 4.78 is 5.29. The Hall–Kier alpha value is -2.62. The molecule has 0 radical (unpaired) electrons. The molecular formula is C17H16N2O2. The zero-order valence-electron chi connectivity index (χ0n) is 11.8. The number of fused-ring (bicyclic) bond motifs is 1. The van der Waals surface area contributed by atoms with Crippen molar-refractivity contribution in [3.63, 3.8) is 0 Å². The first-order valence-electron chi connectivity index (χ1n) is 6.91. The molecule has 21 heavy (non-hydrogen) atoms. The second-order valence-corrected chi connectivity index (χ2v) is 4.91. The average Bonchev–Trinajstić information content (AvgIpc) is 2.94. The summed E-state index contributed by atoms with van der Waals surface area (Å²) in [7, 11) is 0. The summed E-state index contributed by atoms with van der Waals surface area (Å²) in [5.74, 6) is 0.901. The number of carbonyl (C=O) groups is 1. The molecule has 0 fully saturated rings. The standard InChI is InChI=1S/C17H16N2O2/c1-12-7-8-15(21-12)17(20)19-11-9-14-5-2-4-13-6-3-10-18-16(13)14/h2-8,10H,9,11H2,1H3,(H,19,20). The predicted octanol–water partition coefficient (Wildman–Crippen LogP) is 3.11. The highest BCUT2D eigenvalue weighted by atomic mass is 16.3. The van der Waals surface area contributed by atoms with Gasteiger partial charge in [0.2, 0.25) is 0 Å². The summed E-state index contributed by atoms with van der Waals surface area (Å²) in [5.41, 5.74) is 2.12. The van der Waals surface area contributed by atoms with E-state index in [4.69, 9.17) is 4.42 Å². The van der Waals surface area contributed by atoms with E-state index >= 15 is 0 Å². The lowest BCUT2D eigenvalue weighted by Gasteiger charge is -2.06. The molecule has 0 spiro atoms. The number of amides is 1. The molecule has 0 atom stereocenters. The van der Waals surface area contributed by atoms with E-state index in [-0.39, 0.29) is 5.91 Å². The Bertz CT molecular complexity index is 772. The maximum atomic E-state index is 11.9. The van der Waals surface area contributed by atoms with Gasteiger partial charge in [-0.05, 0) is 37.1 Å². The second kappa shape index (κ2) is 5.79. The molecular weight excluding hydrogens is 264 g/mol. The van der Waals surface area contributed by atoms with Gasteiger partial charge in [-0.2, -0.15) is 0 Å². The quantitative estimate of drug-likeness (QED) is 0.799. The zero-order chi connectivity index (χ0) is 14.7. The van der Waals surface area contributed by atoms with Crippen LogP contribution in [-0.4, -0.2) is 17.4 Å². The van der Waals surface area contributed by atoms with Crippen LogP contribution in [0.2, 0.25) is 0 Å². The highest BCUT2D eigenvalue weighted by Gasteiger charge is 2.09. The van der Waals surface area contributed by atoms with E-state index in [1.54, 1.807) is 18.3 Å². The molecule has 0 saturated heterocycles. The smallest absolute Gasteiger partial charge is 0.287 e. The largest absolute Gasteiger partial charge is 0.456 e.